The zero-order chi connectivity index (χ0) is 22.8. The number of carbonyl (C=O) groups is 2. The van der Waals surface area contributed by atoms with Crippen LogP contribution in [0.5, 0.6) is 5.75 Å². The quantitative estimate of drug-likeness (QED) is 0.544. The van der Waals surface area contributed by atoms with Gasteiger partial charge in [-0.3, -0.25) is 9.59 Å². The van der Waals surface area contributed by atoms with Gasteiger partial charge in [0.15, 0.2) is 0 Å². The first kappa shape index (κ1) is 21.3. The van der Waals surface area contributed by atoms with Crippen LogP contribution in [0.2, 0.25) is 0 Å². The summed E-state index contributed by atoms with van der Waals surface area (Å²) in [5.74, 6) is -0.708. The molecule has 0 saturated heterocycles. The zero-order valence-electron chi connectivity index (χ0n) is 18.1. The summed E-state index contributed by atoms with van der Waals surface area (Å²) in [7, 11) is 0. The maximum Gasteiger partial charge on any atom is 0.282 e. The lowest BCUT2D eigenvalue weighted by Gasteiger charge is -2.18. The van der Waals surface area contributed by atoms with Crippen LogP contribution in [0.25, 0.3) is 5.57 Å². The molecule has 3 aromatic carbocycles. The molecule has 5 nitrogen and oxygen atoms in total. The lowest BCUT2D eigenvalue weighted by Crippen LogP contribution is -2.33. The van der Waals surface area contributed by atoms with Gasteiger partial charge in [-0.25, -0.2) is 9.29 Å². The number of aryl methyl sites for hydroxylation is 2. The van der Waals surface area contributed by atoms with Crippen molar-refractivity contribution in [3.05, 3.63) is 94.9 Å². The van der Waals surface area contributed by atoms with Gasteiger partial charge >= 0.3 is 0 Å². The van der Waals surface area contributed by atoms with Crippen molar-refractivity contribution in [2.24, 2.45) is 0 Å². The maximum atomic E-state index is 13.8. The fourth-order valence-electron chi connectivity index (χ4n) is 3.78. The van der Waals surface area contributed by atoms with E-state index in [4.69, 9.17) is 4.74 Å². The smallest absolute Gasteiger partial charge is 0.282 e. The predicted octanol–water partition coefficient (Wildman–Crippen LogP) is 5.24. The average Bonchev–Trinajstić information content (AvgIpc) is 2.99. The van der Waals surface area contributed by atoms with Gasteiger partial charge in [-0.15, -0.1) is 0 Å². The zero-order valence-corrected chi connectivity index (χ0v) is 18.1. The molecule has 6 heteroatoms. The first-order chi connectivity index (χ1) is 15.4. The second-order valence-corrected chi connectivity index (χ2v) is 7.58. The molecule has 0 unspecified atom stereocenters. The largest absolute Gasteiger partial charge is 0.494 e. The molecule has 1 aliphatic heterocycles. The number of benzene rings is 3. The van der Waals surface area contributed by atoms with Crippen molar-refractivity contribution in [3.8, 4) is 5.75 Å². The summed E-state index contributed by atoms with van der Waals surface area (Å²) in [6.45, 7) is 6.22. The van der Waals surface area contributed by atoms with E-state index in [2.05, 4.69) is 5.32 Å². The summed E-state index contributed by atoms with van der Waals surface area (Å²) in [6.07, 6.45) is 0. The van der Waals surface area contributed by atoms with E-state index in [0.717, 1.165) is 11.1 Å². The van der Waals surface area contributed by atoms with Crippen molar-refractivity contribution < 1.29 is 18.7 Å². The Labute approximate surface area is 186 Å². The molecule has 0 bridgehead atoms. The average molecular weight is 430 g/mol. The summed E-state index contributed by atoms with van der Waals surface area (Å²) in [5.41, 5.74) is 3.63. The first-order valence-corrected chi connectivity index (χ1v) is 10.3. The molecule has 2 amide bonds. The van der Waals surface area contributed by atoms with Crippen LogP contribution in [0, 0.1) is 19.7 Å². The molecule has 4 rings (SSSR count). The lowest BCUT2D eigenvalue weighted by atomic mass is 10.0. The Hall–Kier alpha value is -3.93. The van der Waals surface area contributed by atoms with Crippen LogP contribution in [0.3, 0.4) is 0 Å². The van der Waals surface area contributed by atoms with Crippen LogP contribution in [-0.4, -0.2) is 18.4 Å². The van der Waals surface area contributed by atoms with E-state index < -0.39 is 17.6 Å². The SMILES string of the molecule is CCOc1ccc(C2=C(Nc3cccc(F)c3)C(=O)N(c3ccc(C)cc3C)C2=O)cc1. The van der Waals surface area contributed by atoms with Crippen molar-refractivity contribution in [2.45, 2.75) is 20.8 Å². The van der Waals surface area contributed by atoms with E-state index in [1.54, 1.807) is 36.4 Å². The number of ether oxygens (including phenoxy) is 1. The van der Waals surface area contributed by atoms with Gasteiger partial charge in [0.05, 0.1) is 17.9 Å². The van der Waals surface area contributed by atoms with Crippen LogP contribution in [0.1, 0.15) is 23.6 Å². The minimum atomic E-state index is -0.491. The molecule has 0 radical (unpaired) electrons. The number of hydrogen-bond donors (Lipinski definition) is 1. The van der Waals surface area contributed by atoms with E-state index in [1.165, 1.54) is 23.1 Å². The van der Waals surface area contributed by atoms with Crippen LogP contribution in [0.4, 0.5) is 15.8 Å². The van der Waals surface area contributed by atoms with Crippen molar-refractivity contribution >= 4 is 28.8 Å². The molecule has 0 spiro atoms. The number of nitrogens with one attached hydrogen (secondary N) is 1. The van der Waals surface area contributed by atoms with Crippen molar-refractivity contribution in [3.63, 3.8) is 0 Å². The lowest BCUT2D eigenvalue weighted by molar-refractivity contribution is -0.120. The molecule has 1 heterocycles. The van der Waals surface area contributed by atoms with Crippen LogP contribution in [0.15, 0.2) is 72.4 Å². The number of imide groups is 1. The van der Waals surface area contributed by atoms with Crippen LogP contribution in [-0.2, 0) is 9.59 Å². The van der Waals surface area contributed by atoms with Crippen LogP contribution >= 0.6 is 0 Å². The molecule has 0 fully saturated rings. The van der Waals surface area contributed by atoms with Gasteiger partial charge in [-0.05, 0) is 68.3 Å². The molecule has 32 heavy (non-hydrogen) atoms. The minimum absolute atomic E-state index is 0.102. The molecule has 0 aliphatic carbocycles. The van der Waals surface area contributed by atoms with Gasteiger partial charge in [0.2, 0.25) is 0 Å². The molecular formula is C26H23FN2O3. The number of carbonyl (C=O) groups excluding carboxylic acids is 2. The summed E-state index contributed by atoms with van der Waals surface area (Å²) in [4.78, 5) is 28.2. The molecule has 162 valence electrons. The van der Waals surface area contributed by atoms with Gasteiger partial charge in [-0.1, -0.05) is 35.9 Å². The Morgan fingerprint density at radius 1 is 0.938 bits per heavy atom. The number of nitrogens with zero attached hydrogens (tertiary/aromatic N) is 1. The predicted molar refractivity (Wildman–Crippen MR) is 123 cm³/mol. The highest BCUT2D eigenvalue weighted by molar-refractivity contribution is 6.46. The Balaban J connectivity index is 1.81. The van der Waals surface area contributed by atoms with Crippen molar-refractivity contribution in [2.75, 3.05) is 16.8 Å². The standard InChI is InChI=1S/C26H23FN2O3/c1-4-32-21-11-9-18(10-12-21)23-24(28-20-7-5-6-19(27)15-20)26(31)29(25(23)30)22-13-8-16(2)14-17(22)3/h5-15,28H,4H2,1-3H3. The van der Waals surface area contributed by atoms with Gasteiger partial charge in [0, 0.05) is 5.69 Å². The van der Waals surface area contributed by atoms with E-state index in [0.29, 0.717) is 29.3 Å². The number of halogens is 1. The van der Waals surface area contributed by atoms with E-state index in [9.17, 15) is 14.0 Å². The maximum absolute atomic E-state index is 13.8. The molecular weight excluding hydrogens is 407 g/mol. The third kappa shape index (κ3) is 3.99. The highest BCUT2D eigenvalue weighted by atomic mass is 19.1. The van der Waals surface area contributed by atoms with Crippen LogP contribution < -0.4 is 15.0 Å². The Morgan fingerprint density at radius 2 is 1.69 bits per heavy atom. The monoisotopic (exact) mass is 430 g/mol. The number of anilines is 2. The number of hydrogen-bond acceptors (Lipinski definition) is 4. The molecule has 0 aromatic heterocycles. The second kappa shape index (κ2) is 8.67. The molecule has 0 atom stereocenters. The van der Waals surface area contributed by atoms with E-state index in [1.807, 2.05) is 32.9 Å². The Kier molecular flexibility index (Phi) is 5.77. The Morgan fingerprint density at radius 3 is 2.34 bits per heavy atom. The summed E-state index contributed by atoms with van der Waals surface area (Å²) >= 11 is 0. The van der Waals surface area contributed by atoms with Gasteiger partial charge in [-0.2, -0.15) is 0 Å². The third-order valence-electron chi connectivity index (χ3n) is 5.23. The van der Waals surface area contributed by atoms with E-state index in [-0.39, 0.29) is 11.3 Å². The summed E-state index contributed by atoms with van der Waals surface area (Å²) in [6, 6.07) is 18.3. The van der Waals surface area contributed by atoms with Crippen molar-refractivity contribution in [1.82, 2.24) is 0 Å². The second-order valence-electron chi connectivity index (χ2n) is 7.58. The van der Waals surface area contributed by atoms with E-state index >= 15 is 0 Å². The number of amides is 2. The summed E-state index contributed by atoms with van der Waals surface area (Å²) in [5, 5.41) is 2.98. The fraction of sp³-hybridized carbons (Fsp3) is 0.154. The number of rotatable bonds is 6. The molecule has 3 aromatic rings. The molecule has 0 saturated carbocycles. The van der Waals surface area contributed by atoms with Gasteiger partial charge < -0.3 is 10.1 Å². The fourth-order valence-corrected chi connectivity index (χ4v) is 3.78. The van der Waals surface area contributed by atoms with Gasteiger partial charge in [0.25, 0.3) is 11.8 Å². The summed E-state index contributed by atoms with van der Waals surface area (Å²) < 4.78 is 19.2. The first-order valence-electron chi connectivity index (χ1n) is 10.3. The molecule has 1 N–H and O–H groups in total. The normalized spacial score (nSPS) is 13.7. The minimum Gasteiger partial charge on any atom is -0.494 e. The third-order valence-corrected chi connectivity index (χ3v) is 5.23. The Bertz CT molecular complexity index is 1230. The highest BCUT2D eigenvalue weighted by Crippen LogP contribution is 2.35. The topological polar surface area (TPSA) is 58.6 Å². The van der Waals surface area contributed by atoms with Crippen molar-refractivity contribution in [1.29, 1.82) is 0 Å². The molecule has 1 aliphatic rings. The highest BCUT2D eigenvalue weighted by Gasteiger charge is 2.40. The van der Waals surface area contributed by atoms with Gasteiger partial charge in [0.1, 0.15) is 17.3 Å².